The average molecular weight is 490 g/mol. The first-order chi connectivity index (χ1) is 17.0. The molecule has 1 amide bonds. The number of nitrogens with zero attached hydrogens (tertiary/aromatic N) is 2. The van der Waals surface area contributed by atoms with Gasteiger partial charge in [0.2, 0.25) is 5.91 Å². The number of benzene rings is 1. The molecule has 0 bridgehead atoms. The SMILES string of the molecule is CC(Nc1cc(C2=CCN(C(=O)C3CCCCN3)CC2)ccc1C(=N)C#N)C1=CC=C(Cl)C=CC1. The monoisotopic (exact) mass is 489 g/mol. The number of hydrogen-bond acceptors (Lipinski definition) is 5. The van der Waals surface area contributed by atoms with Gasteiger partial charge >= 0.3 is 0 Å². The molecule has 4 rings (SSSR count). The predicted octanol–water partition coefficient (Wildman–Crippen LogP) is 5.15. The maximum absolute atomic E-state index is 12.9. The maximum atomic E-state index is 12.9. The Hall–Kier alpha value is -3.14. The van der Waals surface area contributed by atoms with E-state index in [0.29, 0.717) is 23.7 Å². The number of nitrogens with one attached hydrogen (secondary N) is 3. The number of hydrogen-bond donors (Lipinski definition) is 3. The number of carbonyl (C=O) groups is 1. The number of halogens is 1. The van der Waals surface area contributed by atoms with Gasteiger partial charge in [-0.15, -0.1) is 0 Å². The lowest BCUT2D eigenvalue weighted by molar-refractivity contribution is -0.133. The van der Waals surface area contributed by atoms with Gasteiger partial charge in [0.15, 0.2) is 0 Å². The molecule has 0 radical (unpaired) electrons. The molecule has 0 spiro atoms. The van der Waals surface area contributed by atoms with E-state index in [-0.39, 0.29) is 23.7 Å². The van der Waals surface area contributed by atoms with Crippen LogP contribution in [0.1, 0.15) is 50.2 Å². The summed E-state index contributed by atoms with van der Waals surface area (Å²) in [6.45, 7) is 4.29. The Morgan fingerprint density at radius 1 is 1.34 bits per heavy atom. The average Bonchev–Trinajstić information content (AvgIpc) is 3.13. The third kappa shape index (κ3) is 6.11. The van der Waals surface area contributed by atoms with Crippen LogP contribution >= 0.6 is 11.6 Å². The molecule has 7 heteroatoms. The van der Waals surface area contributed by atoms with E-state index in [1.807, 2.05) is 53.5 Å². The van der Waals surface area contributed by atoms with Crippen molar-refractivity contribution in [3.8, 4) is 6.07 Å². The second kappa shape index (κ2) is 11.5. The molecule has 6 nitrogen and oxygen atoms in total. The van der Waals surface area contributed by atoms with E-state index < -0.39 is 0 Å². The quantitative estimate of drug-likeness (QED) is 0.482. The molecule has 3 N–H and O–H groups in total. The van der Waals surface area contributed by atoms with Crippen molar-refractivity contribution in [3.05, 3.63) is 70.3 Å². The van der Waals surface area contributed by atoms with Crippen molar-refractivity contribution in [1.82, 2.24) is 10.2 Å². The van der Waals surface area contributed by atoms with Crippen LogP contribution in [0.15, 0.2) is 59.2 Å². The lowest BCUT2D eigenvalue weighted by Crippen LogP contribution is -2.49. The minimum Gasteiger partial charge on any atom is -0.378 e. The first-order valence-corrected chi connectivity index (χ1v) is 12.7. The normalized spacial score (nSPS) is 21.1. The van der Waals surface area contributed by atoms with Crippen LogP contribution in [0.25, 0.3) is 5.57 Å². The van der Waals surface area contributed by atoms with Crippen LogP contribution in [0, 0.1) is 16.7 Å². The van der Waals surface area contributed by atoms with Crippen molar-refractivity contribution in [2.45, 2.75) is 51.1 Å². The fraction of sp³-hybridized carbons (Fsp3) is 0.393. The van der Waals surface area contributed by atoms with Crippen molar-refractivity contribution in [3.63, 3.8) is 0 Å². The highest BCUT2D eigenvalue weighted by molar-refractivity contribution is 6.31. The second-order valence-corrected chi connectivity index (χ2v) is 9.72. The van der Waals surface area contributed by atoms with Crippen LogP contribution in [0.4, 0.5) is 5.69 Å². The zero-order valence-electron chi connectivity index (χ0n) is 20.1. The zero-order valence-corrected chi connectivity index (χ0v) is 20.9. The molecule has 2 unspecified atom stereocenters. The van der Waals surface area contributed by atoms with Crippen LogP contribution < -0.4 is 10.6 Å². The lowest BCUT2D eigenvalue weighted by Gasteiger charge is -2.32. The van der Waals surface area contributed by atoms with Gasteiger partial charge in [0.1, 0.15) is 11.8 Å². The first-order valence-electron chi connectivity index (χ1n) is 12.3. The van der Waals surface area contributed by atoms with E-state index >= 15 is 0 Å². The first kappa shape index (κ1) is 25.0. The van der Waals surface area contributed by atoms with Gasteiger partial charge in [0.05, 0.1) is 6.04 Å². The Labute approximate surface area is 212 Å². The van der Waals surface area contributed by atoms with Gasteiger partial charge in [-0.25, -0.2) is 0 Å². The standard InChI is InChI=1S/C28H32ClN5O/c1-19(20-5-4-6-23(29)10-8-20)33-27-17-22(9-11-24(27)25(31)18-30)21-12-15-34(16-13-21)28(35)26-7-2-3-14-32-26/h4,6,8-12,17,19,26,31-33H,2-3,5,7,13-16H2,1H3. The molecule has 1 aliphatic carbocycles. The molecule has 1 fully saturated rings. The van der Waals surface area contributed by atoms with Gasteiger partial charge in [0, 0.05) is 35.4 Å². The van der Waals surface area contributed by atoms with E-state index in [2.05, 4.69) is 23.6 Å². The molecule has 0 aromatic heterocycles. The number of rotatable bonds is 6. The Morgan fingerprint density at radius 3 is 2.91 bits per heavy atom. The van der Waals surface area contributed by atoms with Crippen molar-refractivity contribution in [1.29, 1.82) is 10.7 Å². The molecule has 1 aromatic rings. The van der Waals surface area contributed by atoms with Crippen molar-refractivity contribution in [2.75, 3.05) is 25.0 Å². The number of amides is 1. The third-order valence-corrected chi connectivity index (χ3v) is 7.17. The van der Waals surface area contributed by atoms with Crippen molar-refractivity contribution >= 4 is 34.5 Å². The Balaban J connectivity index is 1.52. The summed E-state index contributed by atoms with van der Waals surface area (Å²) in [7, 11) is 0. The van der Waals surface area contributed by atoms with Gasteiger partial charge in [-0.1, -0.05) is 42.3 Å². The molecule has 0 saturated carbocycles. The fourth-order valence-corrected chi connectivity index (χ4v) is 4.97. The number of carbonyl (C=O) groups excluding carboxylic acids is 1. The van der Waals surface area contributed by atoms with Crippen LogP contribution in [-0.4, -0.2) is 48.2 Å². The molecule has 2 atom stereocenters. The summed E-state index contributed by atoms with van der Waals surface area (Å²) in [6, 6.07) is 7.75. The van der Waals surface area contributed by atoms with Crippen molar-refractivity contribution < 1.29 is 4.79 Å². The highest BCUT2D eigenvalue weighted by atomic mass is 35.5. The van der Waals surface area contributed by atoms with E-state index in [1.165, 1.54) is 11.1 Å². The molecular formula is C28H32ClN5O. The number of nitriles is 1. The molecular weight excluding hydrogens is 458 g/mol. The molecule has 2 heterocycles. The summed E-state index contributed by atoms with van der Waals surface area (Å²) in [5.41, 5.74) is 4.67. The highest BCUT2D eigenvalue weighted by Gasteiger charge is 2.27. The Kier molecular flexibility index (Phi) is 8.22. The molecule has 182 valence electrons. The van der Waals surface area contributed by atoms with E-state index in [1.54, 1.807) is 0 Å². The van der Waals surface area contributed by atoms with Crippen LogP contribution in [0.2, 0.25) is 0 Å². The van der Waals surface area contributed by atoms with Gasteiger partial charge in [-0.2, -0.15) is 5.26 Å². The minimum absolute atomic E-state index is 0.00426. The van der Waals surface area contributed by atoms with Crippen LogP contribution in [0.5, 0.6) is 0 Å². The molecule has 1 saturated heterocycles. The fourth-order valence-electron chi connectivity index (χ4n) is 4.82. The topological polar surface area (TPSA) is 92.0 Å². The Bertz CT molecular complexity index is 1150. The van der Waals surface area contributed by atoms with Gasteiger partial charge in [-0.05, 0) is 80.1 Å². The number of anilines is 1. The van der Waals surface area contributed by atoms with Crippen LogP contribution in [-0.2, 0) is 4.79 Å². The number of allylic oxidation sites excluding steroid dienone is 5. The summed E-state index contributed by atoms with van der Waals surface area (Å²) >= 11 is 6.13. The summed E-state index contributed by atoms with van der Waals surface area (Å²) in [4.78, 5) is 14.8. The van der Waals surface area contributed by atoms with Crippen LogP contribution in [0.3, 0.4) is 0 Å². The zero-order chi connectivity index (χ0) is 24.8. The lowest BCUT2D eigenvalue weighted by atomic mass is 9.95. The number of piperidine rings is 1. The second-order valence-electron chi connectivity index (χ2n) is 9.28. The van der Waals surface area contributed by atoms with Crippen molar-refractivity contribution in [2.24, 2.45) is 0 Å². The molecule has 2 aliphatic heterocycles. The summed E-state index contributed by atoms with van der Waals surface area (Å²) in [5.74, 6) is 0.203. The largest absolute Gasteiger partial charge is 0.378 e. The highest BCUT2D eigenvalue weighted by Crippen LogP contribution is 2.29. The summed E-state index contributed by atoms with van der Waals surface area (Å²) in [6.07, 6.45) is 14.7. The smallest absolute Gasteiger partial charge is 0.239 e. The van der Waals surface area contributed by atoms with Gasteiger partial charge < -0.3 is 15.5 Å². The minimum atomic E-state index is -0.0710. The molecule has 1 aromatic carbocycles. The predicted molar refractivity (Wildman–Crippen MR) is 143 cm³/mol. The van der Waals surface area contributed by atoms with Gasteiger partial charge in [0.25, 0.3) is 0 Å². The summed E-state index contributed by atoms with van der Waals surface area (Å²) in [5, 5.41) is 25.1. The van der Waals surface area contributed by atoms with E-state index in [0.717, 1.165) is 49.9 Å². The third-order valence-electron chi connectivity index (χ3n) is 6.92. The maximum Gasteiger partial charge on any atom is 0.239 e. The molecule has 3 aliphatic rings. The van der Waals surface area contributed by atoms with E-state index in [4.69, 9.17) is 17.0 Å². The summed E-state index contributed by atoms with van der Waals surface area (Å²) < 4.78 is 0. The van der Waals surface area contributed by atoms with E-state index in [9.17, 15) is 10.1 Å². The Morgan fingerprint density at radius 2 is 2.20 bits per heavy atom. The molecule has 35 heavy (non-hydrogen) atoms. The van der Waals surface area contributed by atoms with Gasteiger partial charge in [-0.3, -0.25) is 10.2 Å².